The van der Waals surface area contributed by atoms with Crippen LogP contribution in [-0.2, 0) is 4.79 Å². The van der Waals surface area contributed by atoms with Gasteiger partial charge in [-0.05, 0) is 51.9 Å². The summed E-state index contributed by atoms with van der Waals surface area (Å²) in [5.41, 5.74) is 0. The SMILES string of the molecule is CC1CCN(C2CCN(C)CC2)C1C(=O)O. The van der Waals surface area contributed by atoms with Crippen LogP contribution in [0.5, 0.6) is 0 Å². The zero-order valence-electron chi connectivity index (χ0n) is 10.2. The molecule has 2 aliphatic heterocycles. The highest BCUT2D eigenvalue weighted by Gasteiger charge is 2.40. The molecule has 0 aromatic carbocycles. The lowest BCUT2D eigenvalue weighted by Crippen LogP contribution is -2.49. The smallest absolute Gasteiger partial charge is 0.321 e. The molecule has 0 aromatic heterocycles. The number of rotatable bonds is 2. The fourth-order valence-corrected chi connectivity index (χ4v) is 3.10. The van der Waals surface area contributed by atoms with E-state index >= 15 is 0 Å². The fraction of sp³-hybridized carbons (Fsp3) is 0.917. The molecule has 2 rings (SSSR count). The monoisotopic (exact) mass is 226 g/mol. The molecule has 0 aliphatic carbocycles. The second-order valence-electron chi connectivity index (χ2n) is 5.32. The minimum absolute atomic E-state index is 0.242. The predicted octanol–water partition coefficient (Wildman–Crippen LogP) is 0.876. The maximum absolute atomic E-state index is 11.3. The second-order valence-corrected chi connectivity index (χ2v) is 5.32. The molecule has 1 N–H and O–H groups in total. The summed E-state index contributed by atoms with van der Waals surface area (Å²) in [5.74, 6) is -0.332. The number of aliphatic carboxylic acids is 1. The third-order valence-electron chi connectivity index (χ3n) is 4.15. The lowest BCUT2D eigenvalue weighted by Gasteiger charge is -2.37. The van der Waals surface area contributed by atoms with Crippen molar-refractivity contribution in [3.8, 4) is 0 Å². The molecular formula is C12H22N2O2. The Bertz CT molecular complexity index is 262. The van der Waals surface area contributed by atoms with E-state index in [-0.39, 0.29) is 6.04 Å². The van der Waals surface area contributed by atoms with Crippen LogP contribution in [-0.4, -0.2) is 59.6 Å². The molecule has 4 heteroatoms. The number of hydrogen-bond donors (Lipinski definition) is 1. The van der Waals surface area contributed by atoms with Crippen molar-refractivity contribution in [2.75, 3.05) is 26.7 Å². The van der Waals surface area contributed by atoms with Gasteiger partial charge in [0.15, 0.2) is 0 Å². The highest BCUT2D eigenvalue weighted by atomic mass is 16.4. The molecular weight excluding hydrogens is 204 g/mol. The second kappa shape index (κ2) is 4.72. The molecule has 0 radical (unpaired) electrons. The van der Waals surface area contributed by atoms with Gasteiger partial charge < -0.3 is 10.0 Å². The molecule has 4 nitrogen and oxygen atoms in total. The van der Waals surface area contributed by atoms with E-state index < -0.39 is 5.97 Å². The number of hydrogen-bond acceptors (Lipinski definition) is 3. The largest absolute Gasteiger partial charge is 0.480 e. The summed E-state index contributed by atoms with van der Waals surface area (Å²) in [4.78, 5) is 15.8. The standard InChI is InChI=1S/C12H22N2O2/c1-9-3-8-14(11(9)12(15)16)10-4-6-13(2)7-5-10/h9-11H,3-8H2,1-2H3,(H,15,16). The Kier molecular flexibility index (Phi) is 3.50. The molecule has 0 amide bonds. The summed E-state index contributed by atoms with van der Waals surface area (Å²) in [6, 6.07) is 0.246. The van der Waals surface area contributed by atoms with E-state index in [0.717, 1.165) is 38.9 Å². The van der Waals surface area contributed by atoms with Gasteiger partial charge in [-0.2, -0.15) is 0 Å². The topological polar surface area (TPSA) is 43.8 Å². The van der Waals surface area contributed by atoms with Crippen molar-refractivity contribution < 1.29 is 9.90 Å². The summed E-state index contributed by atoms with van der Waals surface area (Å²) < 4.78 is 0. The molecule has 16 heavy (non-hydrogen) atoms. The first-order chi connectivity index (χ1) is 7.59. The highest BCUT2D eigenvalue weighted by Crippen LogP contribution is 2.29. The van der Waals surface area contributed by atoms with Crippen molar-refractivity contribution in [1.82, 2.24) is 9.80 Å². The molecule has 0 aromatic rings. The minimum atomic E-state index is -0.635. The third-order valence-corrected chi connectivity index (χ3v) is 4.15. The van der Waals surface area contributed by atoms with Crippen LogP contribution in [0.25, 0.3) is 0 Å². The molecule has 0 bridgehead atoms. The Hall–Kier alpha value is -0.610. The van der Waals surface area contributed by atoms with Gasteiger partial charge in [0.25, 0.3) is 0 Å². The molecule has 92 valence electrons. The first-order valence-corrected chi connectivity index (χ1v) is 6.26. The van der Waals surface area contributed by atoms with Crippen molar-refractivity contribution in [3.63, 3.8) is 0 Å². The lowest BCUT2D eigenvalue weighted by molar-refractivity contribution is -0.144. The van der Waals surface area contributed by atoms with Crippen LogP contribution in [0.4, 0.5) is 0 Å². The maximum atomic E-state index is 11.3. The first-order valence-electron chi connectivity index (χ1n) is 6.26. The van der Waals surface area contributed by atoms with Gasteiger partial charge in [-0.1, -0.05) is 6.92 Å². The normalized spacial score (nSPS) is 34.4. The van der Waals surface area contributed by atoms with Gasteiger partial charge in [0.1, 0.15) is 6.04 Å². The first kappa shape index (κ1) is 11.9. The molecule has 2 fully saturated rings. The van der Waals surface area contributed by atoms with E-state index in [4.69, 9.17) is 0 Å². The molecule has 2 atom stereocenters. The summed E-state index contributed by atoms with van der Waals surface area (Å²) in [5, 5.41) is 9.28. The van der Waals surface area contributed by atoms with Crippen LogP contribution >= 0.6 is 0 Å². The van der Waals surface area contributed by atoms with E-state index in [1.165, 1.54) is 0 Å². The average molecular weight is 226 g/mol. The Balaban J connectivity index is 2.00. The Labute approximate surface area is 97.2 Å². The van der Waals surface area contributed by atoms with Crippen molar-refractivity contribution in [1.29, 1.82) is 0 Å². The Morgan fingerprint density at radius 1 is 1.19 bits per heavy atom. The number of carbonyl (C=O) groups is 1. The van der Waals surface area contributed by atoms with Crippen LogP contribution in [0.2, 0.25) is 0 Å². The minimum Gasteiger partial charge on any atom is -0.480 e. The van der Waals surface area contributed by atoms with Crippen LogP contribution in [0.15, 0.2) is 0 Å². The number of nitrogens with zero attached hydrogens (tertiary/aromatic N) is 2. The van der Waals surface area contributed by atoms with E-state index in [1.54, 1.807) is 0 Å². The van der Waals surface area contributed by atoms with Gasteiger partial charge in [-0.15, -0.1) is 0 Å². The van der Waals surface area contributed by atoms with Gasteiger partial charge in [0.05, 0.1) is 0 Å². The number of carboxylic acid groups (broad SMARTS) is 1. The Morgan fingerprint density at radius 2 is 1.81 bits per heavy atom. The van der Waals surface area contributed by atoms with Gasteiger partial charge in [-0.3, -0.25) is 9.69 Å². The van der Waals surface area contributed by atoms with Gasteiger partial charge in [-0.25, -0.2) is 0 Å². The maximum Gasteiger partial charge on any atom is 0.321 e. The number of carboxylic acids is 1. The van der Waals surface area contributed by atoms with E-state index in [2.05, 4.69) is 23.8 Å². The number of piperidine rings is 1. The zero-order valence-corrected chi connectivity index (χ0v) is 10.2. The van der Waals surface area contributed by atoms with Gasteiger partial charge >= 0.3 is 5.97 Å². The summed E-state index contributed by atoms with van der Waals surface area (Å²) >= 11 is 0. The van der Waals surface area contributed by atoms with Crippen LogP contribution in [0, 0.1) is 5.92 Å². The molecule has 0 saturated carbocycles. The third kappa shape index (κ3) is 2.23. The number of likely N-dealkylation sites (tertiary alicyclic amines) is 2. The lowest BCUT2D eigenvalue weighted by atomic mass is 9.99. The van der Waals surface area contributed by atoms with Crippen molar-refractivity contribution in [2.45, 2.75) is 38.3 Å². The molecule has 2 saturated heterocycles. The summed E-state index contributed by atoms with van der Waals surface area (Å²) in [7, 11) is 2.14. The van der Waals surface area contributed by atoms with Gasteiger partial charge in [0, 0.05) is 6.04 Å². The molecule has 2 unspecified atom stereocenters. The van der Waals surface area contributed by atoms with Crippen LogP contribution in [0.3, 0.4) is 0 Å². The Morgan fingerprint density at radius 3 is 2.38 bits per heavy atom. The van der Waals surface area contributed by atoms with E-state index in [1.807, 2.05) is 0 Å². The fourth-order valence-electron chi connectivity index (χ4n) is 3.10. The van der Waals surface area contributed by atoms with E-state index in [9.17, 15) is 9.90 Å². The molecule has 2 aliphatic rings. The summed E-state index contributed by atoms with van der Waals surface area (Å²) in [6.45, 7) is 5.23. The van der Waals surface area contributed by atoms with Crippen molar-refractivity contribution in [3.05, 3.63) is 0 Å². The van der Waals surface area contributed by atoms with Crippen LogP contribution in [0.1, 0.15) is 26.2 Å². The zero-order chi connectivity index (χ0) is 11.7. The molecule has 0 spiro atoms. The average Bonchev–Trinajstić information content (AvgIpc) is 2.61. The quantitative estimate of drug-likeness (QED) is 0.759. The highest BCUT2D eigenvalue weighted by molar-refractivity contribution is 5.74. The van der Waals surface area contributed by atoms with Gasteiger partial charge in [0.2, 0.25) is 0 Å². The van der Waals surface area contributed by atoms with Crippen molar-refractivity contribution in [2.24, 2.45) is 5.92 Å². The van der Waals surface area contributed by atoms with E-state index in [0.29, 0.717) is 12.0 Å². The molecule has 2 heterocycles. The predicted molar refractivity (Wildman–Crippen MR) is 62.4 cm³/mol. The summed E-state index contributed by atoms with van der Waals surface area (Å²) in [6.07, 6.45) is 3.27. The van der Waals surface area contributed by atoms with Crippen LogP contribution < -0.4 is 0 Å². The van der Waals surface area contributed by atoms with Crippen molar-refractivity contribution >= 4 is 5.97 Å².